The number of aliphatic hydroxyl groups excluding tert-OH is 1. The van der Waals surface area contributed by atoms with E-state index in [1.165, 1.54) is 6.07 Å². The van der Waals surface area contributed by atoms with Crippen molar-refractivity contribution in [1.29, 1.82) is 0 Å². The molecule has 3 atom stereocenters. The first kappa shape index (κ1) is 25.7. The van der Waals surface area contributed by atoms with Crippen LogP contribution in [-0.2, 0) is 6.54 Å². The van der Waals surface area contributed by atoms with Crippen molar-refractivity contribution in [3.8, 4) is 17.7 Å². The van der Waals surface area contributed by atoms with Gasteiger partial charge in [0.15, 0.2) is 0 Å². The summed E-state index contributed by atoms with van der Waals surface area (Å²) < 4.78 is 20.4. The number of rotatable bonds is 7. The lowest BCUT2D eigenvalue weighted by molar-refractivity contribution is 0.0324. The topological polar surface area (TPSA) is 65.9 Å². The first-order valence-corrected chi connectivity index (χ1v) is 11.8. The van der Waals surface area contributed by atoms with Crippen LogP contribution in [0.2, 0.25) is 0 Å². The molecule has 0 saturated carbocycles. The molecule has 1 aliphatic heterocycles. The van der Waals surface area contributed by atoms with E-state index in [0.717, 1.165) is 12.8 Å². The van der Waals surface area contributed by atoms with Gasteiger partial charge in [-0.2, -0.15) is 0 Å². The number of aromatic nitrogens is 1. The molecular formula is C27H34FN3O3. The van der Waals surface area contributed by atoms with Gasteiger partial charge >= 0.3 is 0 Å². The molecule has 1 aromatic heterocycles. The molecule has 0 aliphatic carbocycles. The van der Waals surface area contributed by atoms with E-state index in [4.69, 9.17) is 4.74 Å². The molecular weight excluding hydrogens is 433 g/mol. The molecule has 2 aromatic rings. The predicted octanol–water partition coefficient (Wildman–Crippen LogP) is 3.72. The van der Waals surface area contributed by atoms with Crippen LogP contribution in [0.3, 0.4) is 0 Å². The molecule has 1 N–H and O–H groups in total. The van der Waals surface area contributed by atoms with Gasteiger partial charge in [0.2, 0.25) is 5.88 Å². The SMILES string of the molecule is CCCC#Cc1cnc2c(c1)C(=O)N([C@H](C)CO)C[C@@H](C)[C@H](CN(C)Cc1ccccc1F)O2. The van der Waals surface area contributed by atoms with E-state index in [9.17, 15) is 14.3 Å². The summed E-state index contributed by atoms with van der Waals surface area (Å²) in [4.78, 5) is 21.6. The lowest BCUT2D eigenvalue weighted by atomic mass is 9.99. The highest BCUT2D eigenvalue weighted by molar-refractivity contribution is 5.97. The van der Waals surface area contributed by atoms with Crippen molar-refractivity contribution in [1.82, 2.24) is 14.8 Å². The molecule has 182 valence electrons. The Kier molecular flexibility index (Phi) is 9.03. The fourth-order valence-corrected chi connectivity index (χ4v) is 3.97. The van der Waals surface area contributed by atoms with Crippen LogP contribution in [0.15, 0.2) is 36.5 Å². The van der Waals surface area contributed by atoms with E-state index >= 15 is 0 Å². The number of aliphatic hydroxyl groups is 1. The van der Waals surface area contributed by atoms with Crippen LogP contribution < -0.4 is 4.74 Å². The van der Waals surface area contributed by atoms with Gasteiger partial charge in [-0.1, -0.05) is 43.9 Å². The molecule has 2 heterocycles. The second-order valence-electron chi connectivity index (χ2n) is 9.04. The number of pyridine rings is 1. The zero-order chi connectivity index (χ0) is 24.7. The predicted molar refractivity (Wildman–Crippen MR) is 130 cm³/mol. The van der Waals surface area contributed by atoms with E-state index in [0.29, 0.717) is 36.3 Å². The van der Waals surface area contributed by atoms with Gasteiger partial charge in [0.25, 0.3) is 5.91 Å². The molecule has 0 saturated heterocycles. The van der Waals surface area contributed by atoms with Gasteiger partial charge in [-0.05, 0) is 32.5 Å². The molecule has 0 unspecified atom stereocenters. The molecule has 0 fully saturated rings. The number of hydrogen-bond donors (Lipinski definition) is 1. The Morgan fingerprint density at radius 3 is 2.85 bits per heavy atom. The number of carbonyl (C=O) groups excluding carboxylic acids is 1. The van der Waals surface area contributed by atoms with Crippen LogP contribution in [0.25, 0.3) is 0 Å². The number of amides is 1. The number of ether oxygens (including phenoxy) is 1. The Balaban J connectivity index is 1.90. The third kappa shape index (κ3) is 6.34. The summed E-state index contributed by atoms with van der Waals surface area (Å²) in [7, 11) is 1.92. The third-order valence-corrected chi connectivity index (χ3v) is 6.02. The van der Waals surface area contributed by atoms with Crippen LogP contribution in [-0.4, -0.2) is 64.7 Å². The van der Waals surface area contributed by atoms with Crippen molar-refractivity contribution < 1.29 is 19.0 Å². The number of carbonyl (C=O) groups is 1. The molecule has 6 nitrogen and oxygen atoms in total. The number of nitrogens with zero attached hydrogens (tertiary/aromatic N) is 3. The summed E-state index contributed by atoms with van der Waals surface area (Å²) in [6.45, 7) is 7.13. The summed E-state index contributed by atoms with van der Waals surface area (Å²) >= 11 is 0. The first-order valence-electron chi connectivity index (χ1n) is 11.8. The van der Waals surface area contributed by atoms with Crippen LogP contribution in [0.1, 0.15) is 55.1 Å². The lowest BCUT2D eigenvalue weighted by Crippen LogP contribution is -2.49. The van der Waals surface area contributed by atoms with Gasteiger partial charge in [0, 0.05) is 49.3 Å². The fraction of sp³-hybridized carbons (Fsp3) is 0.481. The number of benzene rings is 1. The smallest absolute Gasteiger partial charge is 0.259 e. The fourth-order valence-electron chi connectivity index (χ4n) is 3.97. The van der Waals surface area contributed by atoms with Gasteiger partial charge in [0.1, 0.15) is 17.5 Å². The summed E-state index contributed by atoms with van der Waals surface area (Å²) in [6, 6.07) is 8.10. The van der Waals surface area contributed by atoms with E-state index in [1.807, 2.05) is 31.9 Å². The molecule has 3 rings (SSSR count). The Morgan fingerprint density at radius 2 is 2.15 bits per heavy atom. The van der Waals surface area contributed by atoms with Gasteiger partial charge in [-0.3, -0.25) is 9.69 Å². The Labute approximate surface area is 201 Å². The Morgan fingerprint density at radius 1 is 1.38 bits per heavy atom. The quantitative estimate of drug-likeness (QED) is 0.629. The Bertz CT molecular complexity index is 1050. The van der Waals surface area contributed by atoms with E-state index < -0.39 is 0 Å². The number of unbranched alkanes of at least 4 members (excludes halogenated alkanes) is 1. The minimum absolute atomic E-state index is 0.0417. The maximum absolute atomic E-state index is 14.1. The summed E-state index contributed by atoms with van der Waals surface area (Å²) in [5.41, 5.74) is 1.61. The average molecular weight is 468 g/mol. The second-order valence-corrected chi connectivity index (χ2v) is 9.04. The minimum Gasteiger partial charge on any atom is -0.472 e. The normalized spacial score (nSPS) is 18.9. The van der Waals surface area contributed by atoms with Gasteiger partial charge < -0.3 is 14.7 Å². The summed E-state index contributed by atoms with van der Waals surface area (Å²) in [5, 5.41) is 9.79. The highest BCUT2D eigenvalue weighted by Gasteiger charge is 2.34. The van der Waals surface area contributed by atoms with Crippen LogP contribution >= 0.6 is 0 Å². The van der Waals surface area contributed by atoms with E-state index in [1.54, 1.807) is 29.3 Å². The number of hydrogen-bond acceptors (Lipinski definition) is 5. The van der Waals surface area contributed by atoms with Gasteiger partial charge in [0.05, 0.1) is 12.6 Å². The van der Waals surface area contributed by atoms with Crippen molar-refractivity contribution in [2.24, 2.45) is 5.92 Å². The van der Waals surface area contributed by atoms with E-state index in [2.05, 4.69) is 23.7 Å². The van der Waals surface area contributed by atoms with E-state index in [-0.39, 0.29) is 42.3 Å². The van der Waals surface area contributed by atoms with Gasteiger partial charge in [-0.15, -0.1) is 0 Å². The highest BCUT2D eigenvalue weighted by atomic mass is 19.1. The molecule has 7 heteroatoms. The zero-order valence-electron chi connectivity index (χ0n) is 20.4. The van der Waals surface area contributed by atoms with Crippen molar-refractivity contribution in [2.45, 2.75) is 52.3 Å². The second kappa shape index (κ2) is 12.0. The van der Waals surface area contributed by atoms with Crippen molar-refractivity contribution in [3.05, 3.63) is 59.0 Å². The maximum atomic E-state index is 14.1. The summed E-state index contributed by atoms with van der Waals surface area (Å²) in [5.74, 6) is 5.90. The average Bonchev–Trinajstić information content (AvgIpc) is 2.82. The zero-order valence-corrected chi connectivity index (χ0v) is 20.4. The van der Waals surface area contributed by atoms with Crippen molar-refractivity contribution in [2.75, 3.05) is 26.7 Å². The third-order valence-electron chi connectivity index (χ3n) is 6.02. The minimum atomic E-state index is -0.354. The standard InChI is InChI=1S/C27H34FN3O3/c1-5-6-7-10-21-13-23-26(29-14-21)34-25(19(2)15-31(27(23)33)20(3)18-32)17-30(4)16-22-11-8-9-12-24(22)28/h8-9,11-14,19-20,25,32H,5-6,15-18H2,1-4H3/t19-,20-,25+/m1/s1. The van der Waals surface area contributed by atoms with Crippen molar-refractivity contribution >= 4 is 5.91 Å². The number of halogens is 1. The largest absolute Gasteiger partial charge is 0.472 e. The molecule has 1 aliphatic rings. The monoisotopic (exact) mass is 467 g/mol. The first-order chi connectivity index (χ1) is 16.3. The number of likely N-dealkylation sites (N-methyl/N-ethyl adjacent to an activating group) is 1. The van der Waals surface area contributed by atoms with Crippen LogP contribution in [0, 0.1) is 23.6 Å². The maximum Gasteiger partial charge on any atom is 0.259 e. The highest BCUT2D eigenvalue weighted by Crippen LogP contribution is 2.27. The van der Waals surface area contributed by atoms with Gasteiger partial charge in [-0.25, -0.2) is 9.37 Å². The number of fused-ring (bicyclic) bond motifs is 1. The summed E-state index contributed by atoms with van der Waals surface area (Å²) in [6.07, 6.45) is 3.06. The Hall–Kier alpha value is -2.95. The lowest BCUT2D eigenvalue weighted by Gasteiger charge is -2.37. The molecule has 0 radical (unpaired) electrons. The molecule has 34 heavy (non-hydrogen) atoms. The molecule has 0 spiro atoms. The van der Waals surface area contributed by atoms with Crippen LogP contribution in [0.5, 0.6) is 5.88 Å². The molecule has 1 aromatic carbocycles. The molecule has 0 bridgehead atoms. The van der Waals surface area contributed by atoms with Crippen LogP contribution in [0.4, 0.5) is 4.39 Å². The molecule has 1 amide bonds. The van der Waals surface area contributed by atoms with Crippen molar-refractivity contribution in [3.63, 3.8) is 0 Å².